The maximum atomic E-state index is 10.6. The molecule has 8 heavy (non-hydrogen) atoms. The molecule has 0 aliphatic carbocycles. The average molecular weight is 112 g/mol. The normalized spacial score (nSPS) is 17.2. The number of nitrogens with zero attached hydrogens (tertiary/aromatic N) is 1. The van der Waals surface area contributed by atoms with Gasteiger partial charge in [-0.2, -0.15) is 0 Å². The predicted octanol–water partition coefficient (Wildman–Crippen LogP) is -0.481. The Morgan fingerprint density at radius 3 is 2.50 bits per heavy atom. The summed E-state index contributed by atoms with van der Waals surface area (Å²) in [5, 5.41) is 2.93. The quantitative estimate of drug-likeness (QED) is 0.465. The largest absolute Gasteiger partial charge is 0.314 e. The Hall–Kier alpha value is -0.830. The van der Waals surface area contributed by atoms with E-state index in [9.17, 15) is 4.79 Å². The lowest BCUT2D eigenvalue weighted by Gasteiger charge is -2.30. The van der Waals surface area contributed by atoms with Crippen LogP contribution >= 0.6 is 0 Å². The zero-order valence-corrected chi connectivity index (χ0v) is 4.55. The van der Waals surface area contributed by atoms with Gasteiger partial charge in [-0.3, -0.25) is 10.1 Å². The zero-order valence-electron chi connectivity index (χ0n) is 4.55. The van der Waals surface area contributed by atoms with Gasteiger partial charge in [-0.05, 0) is 6.08 Å². The summed E-state index contributed by atoms with van der Waals surface area (Å²) in [7, 11) is 0. The molecule has 0 spiro atoms. The second kappa shape index (κ2) is 1.96. The van der Waals surface area contributed by atoms with Crippen molar-refractivity contribution in [2.75, 3.05) is 13.3 Å². The summed E-state index contributed by atoms with van der Waals surface area (Å²) in [4.78, 5) is 12.2. The van der Waals surface area contributed by atoms with E-state index >= 15 is 0 Å². The molecule has 1 fully saturated rings. The number of carbonyl (C=O) groups is 1. The van der Waals surface area contributed by atoms with E-state index in [1.807, 2.05) is 0 Å². The van der Waals surface area contributed by atoms with Gasteiger partial charge < -0.3 is 4.90 Å². The van der Waals surface area contributed by atoms with Crippen molar-refractivity contribution in [3.8, 4) is 0 Å². The van der Waals surface area contributed by atoms with Crippen molar-refractivity contribution in [3.63, 3.8) is 0 Å². The standard InChI is InChI=1S/C5H8N2O/c1-2-5(8)7-3-6-4-7/h2,6H,1,3-4H2. The summed E-state index contributed by atoms with van der Waals surface area (Å²) in [5.74, 6) is 0.00347. The van der Waals surface area contributed by atoms with Gasteiger partial charge in [0.1, 0.15) is 0 Å². The number of hydrogen-bond acceptors (Lipinski definition) is 2. The SMILES string of the molecule is C=CC(=O)N1CNC1. The highest BCUT2D eigenvalue weighted by Gasteiger charge is 2.15. The zero-order chi connectivity index (χ0) is 5.98. The number of nitrogens with one attached hydrogen (secondary N) is 1. The molecule has 0 aromatic carbocycles. The Morgan fingerprint density at radius 2 is 2.38 bits per heavy atom. The highest BCUT2D eigenvalue weighted by atomic mass is 16.2. The first-order valence-corrected chi connectivity index (χ1v) is 2.46. The summed E-state index contributed by atoms with van der Waals surface area (Å²) in [6.07, 6.45) is 1.32. The Morgan fingerprint density at radius 1 is 1.75 bits per heavy atom. The first kappa shape index (κ1) is 5.31. The smallest absolute Gasteiger partial charge is 0.248 e. The average Bonchev–Trinajstić information content (AvgIpc) is 1.62. The third kappa shape index (κ3) is 0.721. The van der Waals surface area contributed by atoms with E-state index in [-0.39, 0.29) is 5.91 Å². The molecular formula is C5H8N2O. The lowest BCUT2D eigenvalue weighted by atomic mass is 10.5. The lowest BCUT2D eigenvalue weighted by Crippen LogP contribution is -2.54. The lowest BCUT2D eigenvalue weighted by molar-refractivity contribution is -0.130. The number of carbonyl (C=O) groups excluding carboxylic acids is 1. The summed E-state index contributed by atoms with van der Waals surface area (Å²) in [6, 6.07) is 0. The molecule has 0 radical (unpaired) electrons. The van der Waals surface area contributed by atoms with Gasteiger partial charge in [-0.1, -0.05) is 6.58 Å². The Bertz CT molecular complexity index is 118. The summed E-state index contributed by atoms with van der Waals surface area (Å²) in [6.45, 7) is 4.69. The van der Waals surface area contributed by atoms with Crippen LogP contribution in [0.3, 0.4) is 0 Å². The van der Waals surface area contributed by atoms with Crippen LogP contribution in [0.4, 0.5) is 0 Å². The molecule has 3 heteroatoms. The Balaban J connectivity index is 2.34. The number of rotatable bonds is 1. The van der Waals surface area contributed by atoms with Gasteiger partial charge in [-0.15, -0.1) is 0 Å². The molecule has 1 aliphatic heterocycles. The molecule has 1 heterocycles. The molecule has 0 unspecified atom stereocenters. The van der Waals surface area contributed by atoms with Crippen LogP contribution in [0.15, 0.2) is 12.7 Å². The van der Waals surface area contributed by atoms with E-state index in [1.54, 1.807) is 4.90 Å². The van der Waals surface area contributed by atoms with Crippen LogP contribution in [-0.4, -0.2) is 24.1 Å². The number of amides is 1. The molecule has 0 atom stereocenters. The molecular weight excluding hydrogens is 104 g/mol. The van der Waals surface area contributed by atoms with Crippen LogP contribution in [0, 0.1) is 0 Å². The van der Waals surface area contributed by atoms with Crippen molar-refractivity contribution in [3.05, 3.63) is 12.7 Å². The van der Waals surface area contributed by atoms with E-state index in [0.29, 0.717) is 13.3 Å². The minimum absolute atomic E-state index is 0.00347. The number of hydrogen-bond donors (Lipinski definition) is 1. The van der Waals surface area contributed by atoms with E-state index in [1.165, 1.54) is 6.08 Å². The summed E-state index contributed by atoms with van der Waals surface area (Å²) >= 11 is 0. The molecule has 0 bridgehead atoms. The van der Waals surface area contributed by atoms with Crippen LogP contribution < -0.4 is 5.32 Å². The Labute approximate surface area is 48.0 Å². The van der Waals surface area contributed by atoms with Crippen molar-refractivity contribution in [1.82, 2.24) is 10.2 Å². The van der Waals surface area contributed by atoms with Gasteiger partial charge in [0.05, 0.1) is 13.3 Å². The van der Waals surface area contributed by atoms with Crippen LogP contribution in [0.1, 0.15) is 0 Å². The highest BCUT2D eigenvalue weighted by Crippen LogP contribution is 1.93. The third-order valence-corrected chi connectivity index (χ3v) is 1.09. The second-order valence-corrected chi connectivity index (χ2v) is 1.65. The van der Waals surface area contributed by atoms with Crippen molar-refractivity contribution >= 4 is 5.91 Å². The van der Waals surface area contributed by atoms with Crippen LogP contribution in [0.2, 0.25) is 0 Å². The van der Waals surface area contributed by atoms with Gasteiger partial charge in [0.15, 0.2) is 0 Å². The van der Waals surface area contributed by atoms with Crippen molar-refractivity contribution < 1.29 is 4.79 Å². The third-order valence-electron chi connectivity index (χ3n) is 1.09. The molecule has 0 aromatic heterocycles. The molecule has 1 aliphatic rings. The topological polar surface area (TPSA) is 32.3 Å². The fourth-order valence-electron chi connectivity index (χ4n) is 0.509. The van der Waals surface area contributed by atoms with Gasteiger partial charge in [-0.25, -0.2) is 0 Å². The fourth-order valence-corrected chi connectivity index (χ4v) is 0.509. The van der Waals surface area contributed by atoms with E-state index in [4.69, 9.17) is 0 Å². The minimum Gasteiger partial charge on any atom is -0.314 e. The monoisotopic (exact) mass is 112 g/mol. The molecule has 1 rings (SSSR count). The van der Waals surface area contributed by atoms with Crippen molar-refractivity contribution in [1.29, 1.82) is 0 Å². The first-order chi connectivity index (χ1) is 3.84. The van der Waals surface area contributed by atoms with Crippen LogP contribution in [0.25, 0.3) is 0 Å². The van der Waals surface area contributed by atoms with Crippen molar-refractivity contribution in [2.24, 2.45) is 0 Å². The molecule has 1 amide bonds. The second-order valence-electron chi connectivity index (χ2n) is 1.65. The Kier molecular flexibility index (Phi) is 1.30. The highest BCUT2D eigenvalue weighted by molar-refractivity contribution is 5.87. The summed E-state index contributed by atoms with van der Waals surface area (Å²) < 4.78 is 0. The molecule has 1 saturated heterocycles. The fraction of sp³-hybridized carbons (Fsp3) is 0.400. The van der Waals surface area contributed by atoms with Gasteiger partial charge in [0.2, 0.25) is 5.91 Å². The van der Waals surface area contributed by atoms with Crippen molar-refractivity contribution in [2.45, 2.75) is 0 Å². The molecule has 44 valence electrons. The first-order valence-electron chi connectivity index (χ1n) is 2.46. The summed E-state index contributed by atoms with van der Waals surface area (Å²) in [5.41, 5.74) is 0. The molecule has 0 aromatic rings. The van der Waals surface area contributed by atoms with Crippen LogP contribution in [-0.2, 0) is 4.79 Å². The molecule has 3 nitrogen and oxygen atoms in total. The van der Waals surface area contributed by atoms with E-state index < -0.39 is 0 Å². The minimum atomic E-state index is 0.00347. The van der Waals surface area contributed by atoms with Gasteiger partial charge in [0, 0.05) is 0 Å². The molecule has 1 N–H and O–H groups in total. The predicted molar refractivity (Wildman–Crippen MR) is 29.9 cm³/mol. The van der Waals surface area contributed by atoms with Gasteiger partial charge in [0.25, 0.3) is 0 Å². The van der Waals surface area contributed by atoms with Crippen LogP contribution in [0.5, 0.6) is 0 Å². The van der Waals surface area contributed by atoms with E-state index in [0.717, 1.165) is 0 Å². The maximum Gasteiger partial charge on any atom is 0.248 e. The van der Waals surface area contributed by atoms with E-state index in [2.05, 4.69) is 11.9 Å². The maximum absolute atomic E-state index is 10.6. The molecule has 0 saturated carbocycles. The van der Waals surface area contributed by atoms with Gasteiger partial charge >= 0.3 is 0 Å².